The monoisotopic (exact) mass is 394 g/mol. The third-order valence-corrected chi connectivity index (χ3v) is 5.27. The van der Waals surface area contributed by atoms with Gasteiger partial charge in [0, 0.05) is 37.2 Å². The third-order valence-electron chi connectivity index (χ3n) is 5.27. The fourth-order valence-electron chi connectivity index (χ4n) is 3.30. The van der Waals surface area contributed by atoms with E-state index in [2.05, 4.69) is 18.8 Å². The molecule has 3 amide bonds. The van der Waals surface area contributed by atoms with Gasteiger partial charge in [0.15, 0.2) is 0 Å². The van der Waals surface area contributed by atoms with Crippen LogP contribution in [0.5, 0.6) is 0 Å². The minimum Gasteiger partial charge on any atom is -0.353 e. The van der Waals surface area contributed by atoms with Crippen molar-refractivity contribution in [2.75, 3.05) is 18.4 Å². The van der Waals surface area contributed by atoms with E-state index >= 15 is 0 Å². The lowest BCUT2D eigenvalue weighted by atomic mass is 10.1. The minimum absolute atomic E-state index is 0.0336. The minimum atomic E-state index is -0.294. The zero-order valence-corrected chi connectivity index (χ0v) is 17.3. The second-order valence-electron chi connectivity index (χ2n) is 7.51. The first-order valence-corrected chi connectivity index (χ1v) is 10.2. The molecule has 6 heteroatoms. The summed E-state index contributed by atoms with van der Waals surface area (Å²) in [7, 11) is 1.98. The number of benzene rings is 1. The first-order chi connectivity index (χ1) is 14.0. The number of hydrogen-bond acceptors (Lipinski definition) is 2. The Labute approximate surface area is 172 Å². The van der Waals surface area contributed by atoms with Crippen molar-refractivity contribution in [3.8, 4) is 0 Å². The molecule has 154 valence electrons. The van der Waals surface area contributed by atoms with E-state index in [0.29, 0.717) is 13.1 Å². The topological polar surface area (TPSA) is 57.6 Å². The van der Waals surface area contributed by atoms with Crippen molar-refractivity contribution in [3.63, 3.8) is 0 Å². The van der Waals surface area contributed by atoms with Crippen LogP contribution in [-0.2, 0) is 24.8 Å². The zero-order chi connectivity index (χ0) is 20.8. The molecule has 3 rings (SSSR count). The lowest BCUT2D eigenvalue weighted by molar-refractivity contribution is -0.133. The molecule has 1 saturated carbocycles. The zero-order valence-electron chi connectivity index (χ0n) is 17.3. The van der Waals surface area contributed by atoms with Gasteiger partial charge in [0.25, 0.3) is 0 Å². The van der Waals surface area contributed by atoms with E-state index in [9.17, 15) is 9.59 Å². The van der Waals surface area contributed by atoms with E-state index in [1.165, 1.54) is 10.5 Å². The molecule has 29 heavy (non-hydrogen) atoms. The van der Waals surface area contributed by atoms with Crippen molar-refractivity contribution in [2.24, 2.45) is 7.05 Å². The van der Waals surface area contributed by atoms with Gasteiger partial charge < -0.3 is 19.7 Å². The normalized spacial score (nSPS) is 13.0. The van der Waals surface area contributed by atoms with E-state index in [1.54, 1.807) is 6.08 Å². The van der Waals surface area contributed by atoms with Crippen molar-refractivity contribution in [2.45, 2.75) is 38.8 Å². The maximum absolute atomic E-state index is 13.0. The Morgan fingerprint density at radius 2 is 1.97 bits per heavy atom. The van der Waals surface area contributed by atoms with Crippen LogP contribution in [0.4, 0.5) is 10.5 Å². The SMILES string of the molecule is C=CCN(CC(=O)N(Cc1cccn1C)C1CC1)C(=O)Nc1ccc(CC)cc1. The molecule has 1 aromatic carbocycles. The predicted molar refractivity (Wildman–Crippen MR) is 116 cm³/mol. The van der Waals surface area contributed by atoms with Crippen LogP contribution in [0.15, 0.2) is 55.3 Å². The van der Waals surface area contributed by atoms with Gasteiger partial charge in [0.2, 0.25) is 5.91 Å². The highest BCUT2D eigenvalue weighted by Gasteiger charge is 2.34. The van der Waals surface area contributed by atoms with Gasteiger partial charge >= 0.3 is 6.03 Å². The molecule has 1 heterocycles. The van der Waals surface area contributed by atoms with E-state index in [4.69, 9.17) is 0 Å². The number of hydrogen-bond donors (Lipinski definition) is 1. The molecule has 0 atom stereocenters. The number of aryl methyl sites for hydroxylation is 2. The summed E-state index contributed by atoms with van der Waals surface area (Å²) in [6, 6.07) is 11.7. The van der Waals surface area contributed by atoms with Gasteiger partial charge in [-0.1, -0.05) is 25.1 Å². The molecule has 0 bridgehead atoms. The van der Waals surface area contributed by atoms with Crippen LogP contribution in [0, 0.1) is 0 Å². The summed E-state index contributed by atoms with van der Waals surface area (Å²) < 4.78 is 2.02. The largest absolute Gasteiger partial charge is 0.353 e. The average molecular weight is 395 g/mol. The summed E-state index contributed by atoms with van der Waals surface area (Å²) >= 11 is 0. The summed E-state index contributed by atoms with van der Waals surface area (Å²) in [4.78, 5) is 29.2. The molecule has 0 aliphatic heterocycles. The smallest absolute Gasteiger partial charge is 0.322 e. The van der Waals surface area contributed by atoms with Gasteiger partial charge in [-0.2, -0.15) is 0 Å². The number of aromatic nitrogens is 1. The van der Waals surface area contributed by atoms with Crippen LogP contribution in [0.1, 0.15) is 31.0 Å². The summed E-state index contributed by atoms with van der Waals surface area (Å²) in [6.07, 6.45) is 6.61. The molecule has 1 aliphatic rings. The third kappa shape index (κ3) is 5.50. The number of nitrogens with one attached hydrogen (secondary N) is 1. The number of carbonyl (C=O) groups excluding carboxylic acids is 2. The lowest BCUT2D eigenvalue weighted by Gasteiger charge is -2.27. The second kappa shape index (κ2) is 9.45. The first-order valence-electron chi connectivity index (χ1n) is 10.2. The number of rotatable bonds is 9. The molecule has 0 saturated heterocycles. The Morgan fingerprint density at radius 1 is 1.24 bits per heavy atom. The fraction of sp³-hybridized carbons (Fsp3) is 0.391. The van der Waals surface area contributed by atoms with E-state index in [0.717, 1.165) is 30.6 Å². The van der Waals surface area contributed by atoms with Gasteiger partial charge in [-0.3, -0.25) is 4.79 Å². The van der Waals surface area contributed by atoms with Gasteiger partial charge in [-0.05, 0) is 49.1 Å². The molecule has 1 aliphatic carbocycles. The van der Waals surface area contributed by atoms with Gasteiger partial charge in [-0.25, -0.2) is 4.79 Å². The maximum atomic E-state index is 13.0. The lowest BCUT2D eigenvalue weighted by Crippen LogP contribution is -2.45. The quantitative estimate of drug-likeness (QED) is 0.658. The molecule has 0 spiro atoms. The molecule has 1 aromatic heterocycles. The molecule has 0 unspecified atom stereocenters. The molecule has 6 nitrogen and oxygen atoms in total. The Bertz CT molecular complexity index is 852. The number of anilines is 1. The Balaban J connectivity index is 1.65. The van der Waals surface area contributed by atoms with E-state index < -0.39 is 0 Å². The summed E-state index contributed by atoms with van der Waals surface area (Å²) in [5.41, 5.74) is 3.01. The average Bonchev–Trinajstić information content (AvgIpc) is 3.48. The number of nitrogens with zero attached hydrogens (tertiary/aromatic N) is 3. The van der Waals surface area contributed by atoms with Crippen molar-refractivity contribution >= 4 is 17.6 Å². The summed E-state index contributed by atoms with van der Waals surface area (Å²) in [5, 5.41) is 2.89. The first kappa shape index (κ1) is 20.7. The number of amides is 3. The van der Waals surface area contributed by atoms with Crippen molar-refractivity contribution in [1.82, 2.24) is 14.4 Å². The van der Waals surface area contributed by atoms with Crippen LogP contribution in [-0.4, -0.2) is 45.4 Å². The van der Waals surface area contributed by atoms with Gasteiger partial charge in [0.05, 0.1) is 6.54 Å². The Kier molecular flexibility index (Phi) is 6.75. The van der Waals surface area contributed by atoms with Crippen molar-refractivity contribution in [3.05, 3.63) is 66.5 Å². The van der Waals surface area contributed by atoms with Crippen LogP contribution >= 0.6 is 0 Å². The Morgan fingerprint density at radius 3 is 2.52 bits per heavy atom. The molecule has 2 aromatic rings. The van der Waals surface area contributed by atoms with Crippen LogP contribution in [0.2, 0.25) is 0 Å². The van der Waals surface area contributed by atoms with Crippen LogP contribution in [0.3, 0.4) is 0 Å². The highest BCUT2D eigenvalue weighted by molar-refractivity contribution is 5.92. The van der Waals surface area contributed by atoms with E-state index in [-0.39, 0.29) is 24.5 Å². The van der Waals surface area contributed by atoms with Crippen LogP contribution < -0.4 is 5.32 Å². The second-order valence-corrected chi connectivity index (χ2v) is 7.51. The molecular formula is C23H30N4O2. The maximum Gasteiger partial charge on any atom is 0.322 e. The standard InChI is InChI=1S/C23H30N4O2/c1-4-14-26(23(29)24-19-10-8-18(5-2)9-11-19)17-22(28)27(20-12-13-20)16-21-7-6-15-25(21)3/h4,6-11,15,20H,1,5,12-14,16-17H2,2-3H3,(H,24,29). The number of carbonyl (C=O) groups is 2. The molecule has 1 N–H and O–H groups in total. The van der Waals surface area contributed by atoms with Crippen LogP contribution in [0.25, 0.3) is 0 Å². The van der Waals surface area contributed by atoms with Gasteiger partial charge in [-0.15, -0.1) is 6.58 Å². The van der Waals surface area contributed by atoms with Crippen molar-refractivity contribution < 1.29 is 9.59 Å². The molecule has 0 radical (unpaired) electrons. The van der Waals surface area contributed by atoms with Gasteiger partial charge in [0.1, 0.15) is 6.54 Å². The van der Waals surface area contributed by atoms with Crippen molar-refractivity contribution in [1.29, 1.82) is 0 Å². The highest BCUT2D eigenvalue weighted by atomic mass is 16.2. The highest BCUT2D eigenvalue weighted by Crippen LogP contribution is 2.28. The predicted octanol–water partition coefficient (Wildman–Crippen LogP) is 3.80. The van der Waals surface area contributed by atoms with E-state index in [1.807, 2.05) is 59.1 Å². The summed E-state index contributed by atoms with van der Waals surface area (Å²) in [6.45, 7) is 6.73. The fourth-order valence-corrected chi connectivity index (χ4v) is 3.30. The molecule has 1 fully saturated rings. The summed E-state index contributed by atoms with van der Waals surface area (Å²) in [5.74, 6) is -0.0352. The Hall–Kier alpha value is -3.02. The number of urea groups is 1. The molecular weight excluding hydrogens is 364 g/mol.